The summed E-state index contributed by atoms with van der Waals surface area (Å²) >= 11 is 0. The van der Waals surface area contributed by atoms with Gasteiger partial charge in [-0.25, -0.2) is 4.79 Å². The van der Waals surface area contributed by atoms with Crippen LogP contribution in [-0.4, -0.2) is 38.1 Å². The summed E-state index contributed by atoms with van der Waals surface area (Å²) < 4.78 is 9.06. The van der Waals surface area contributed by atoms with E-state index >= 15 is 0 Å². The van der Waals surface area contributed by atoms with Gasteiger partial charge in [0.05, 0.1) is 14.2 Å². The largest absolute Gasteiger partial charge is 0.469 e. The summed E-state index contributed by atoms with van der Waals surface area (Å²) in [6.45, 7) is 3.86. The maximum absolute atomic E-state index is 11.6. The molecule has 0 radical (unpaired) electrons. The highest BCUT2D eigenvalue weighted by Crippen LogP contribution is 2.02. The Kier molecular flexibility index (Phi) is 8.24. The van der Waals surface area contributed by atoms with Gasteiger partial charge in [-0.15, -0.1) is 0 Å². The minimum absolute atomic E-state index is 0.0322. The van der Waals surface area contributed by atoms with Crippen molar-refractivity contribution >= 4 is 17.8 Å². The highest BCUT2D eigenvalue weighted by atomic mass is 16.5. The van der Waals surface area contributed by atoms with Gasteiger partial charge in [0, 0.05) is 6.42 Å². The van der Waals surface area contributed by atoms with Gasteiger partial charge in [0.15, 0.2) is 0 Å². The van der Waals surface area contributed by atoms with E-state index in [1.54, 1.807) is 6.08 Å². The standard InChI is InChI=1S/C13H21NO5/c1-9(2)5-7-11(15)14-10(13(17)19-4)6-8-12(16)18-3/h5,7,9-10H,6,8H2,1-4H3,(H,14,15)/b7-5+. The number of hydrogen-bond acceptors (Lipinski definition) is 5. The predicted octanol–water partition coefficient (Wildman–Crippen LogP) is 0.810. The SMILES string of the molecule is COC(=O)CCC(NC(=O)/C=C/C(C)C)C(=O)OC. The van der Waals surface area contributed by atoms with Crippen molar-refractivity contribution in [3.05, 3.63) is 12.2 Å². The van der Waals surface area contributed by atoms with Crippen LogP contribution in [0.4, 0.5) is 0 Å². The van der Waals surface area contributed by atoms with Crippen LogP contribution in [0.5, 0.6) is 0 Å². The molecule has 0 aliphatic rings. The van der Waals surface area contributed by atoms with Crippen LogP contribution in [0, 0.1) is 5.92 Å². The lowest BCUT2D eigenvalue weighted by Gasteiger charge is -2.14. The molecular weight excluding hydrogens is 250 g/mol. The van der Waals surface area contributed by atoms with Crippen molar-refractivity contribution in [2.75, 3.05) is 14.2 Å². The molecule has 0 heterocycles. The smallest absolute Gasteiger partial charge is 0.328 e. The average molecular weight is 271 g/mol. The van der Waals surface area contributed by atoms with E-state index in [4.69, 9.17) is 0 Å². The second-order valence-electron chi connectivity index (χ2n) is 4.30. The highest BCUT2D eigenvalue weighted by Gasteiger charge is 2.21. The summed E-state index contributed by atoms with van der Waals surface area (Å²) in [7, 11) is 2.49. The Hall–Kier alpha value is -1.85. The number of carbonyl (C=O) groups is 3. The molecule has 0 rings (SSSR count). The van der Waals surface area contributed by atoms with Gasteiger partial charge in [-0.2, -0.15) is 0 Å². The zero-order chi connectivity index (χ0) is 14.8. The molecule has 0 spiro atoms. The second kappa shape index (κ2) is 9.13. The Balaban J connectivity index is 4.47. The van der Waals surface area contributed by atoms with Crippen LogP contribution >= 0.6 is 0 Å². The minimum atomic E-state index is -0.853. The number of esters is 2. The Morgan fingerprint density at radius 2 is 1.79 bits per heavy atom. The molecule has 108 valence electrons. The number of rotatable bonds is 7. The maximum atomic E-state index is 11.6. The first-order valence-electron chi connectivity index (χ1n) is 6.04. The third-order valence-corrected chi connectivity index (χ3v) is 2.30. The topological polar surface area (TPSA) is 81.7 Å². The van der Waals surface area contributed by atoms with E-state index in [0.717, 1.165) is 0 Å². The van der Waals surface area contributed by atoms with Crippen molar-refractivity contribution in [1.82, 2.24) is 5.32 Å². The molecule has 0 saturated carbocycles. The summed E-state index contributed by atoms with van der Waals surface area (Å²) in [5, 5.41) is 2.49. The summed E-state index contributed by atoms with van der Waals surface area (Å²) in [5.41, 5.74) is 0. The number of ether oxygens (including phenoxy) is 2. The van der Waals surface area contributed by atoms with Crippen molar-refractivity contribution in [2.24, 2.45) is 5.92 Å². The third kappa shape index (κ3) is 7.96. The van der Waals surface area contributed by atoms with E-state index in [0.29, 0.717) is 0 Å². The molecule has 0 aromatic rings. The quantitative estimate of drug-likeness (QED) is 0.547. The van der Waals surface area contributed by atoms with E-state index in [1.807, 2.05) is 13.8 Å². The normalized spacial score (nSPS) is 12.3. The van der Waals surface area contributed by atoms with Crippen LogP contribution < -0.4 is 5.32 Å². The first-order chi connectivity index (χ1) is 8.90. The Morgan fingerprint density at radius 1 is 1.16 bits per heavy atom. The molecule has 0 bridgehead atoms. The van der Waals surface area contributed by atoms with Gasteiger partial charge in [0.2, 0.25) is 5.91 Å². The number of carbonyl (C=O) groups excluding carboxylic acids is 3. The van der Waals surface area contributed by atoms with Crippen LogP contribution in [0.2, 0.25) is 0 Å². The van der Waals surface area contributed by atoms with Crippen molar-refractivity contribution in [2.45, 2.75) is 32.7 Å². The Bertz CT molecular complexity index is 349. The number of nitrogens with one attached hydrogen (secondary N) is 1. The van der Waals surface area contributed by atoms with Crippen molar-refractivity contribution in [3.8, 4) is 0 Å². The van der Waals surface area contributed by atoms with Gasteiger partial charge in [0.25, 0.3) is 0 Å². The number of allylic oxidation sites excluding steroid dienone is 1. The van der Waals surface area contributed by atoms with E-state index in [1.165, 1.54) is 20.3 Å². The molecule has 19 heavy (non-hydrogen) atoms. The van der Waals surface area contributed by atoms with Gasteiger partial charge in [0.1, 0.15) is 6.04 Å². The number of hydrogen-bond donors (Lipinski definition) is 1. The fraction of sp³-hybridized carbons (Fsp3) is 0.615. The highest BCUT2D eigenvalue weighted by molar-refractivity contribution is 5.91. The molecule has 6 nitrogen and oxygen atoms in total. The van der Waals surface area contributed by atoms with Crippen LogP contribution in [0.25, 0.3) is 0 Å². The molecule has 0 aliphatic heterocycles. The summed E-state index contributed by atoms with van der Waals surface area (Å²) in [5.74, 6) is -1.19. The lowest BCUT2D eigenvalue weighted by molar-refractivity contribution is -0.146. The third-order valence-electron chi connectivity index (χ3n) is 2.30. The van der Waals surface area contributed by atoms with Gasteiger partial charge in [-0.3, -0.25) is 9.59 Å². The Labute approximate surface area is 113 Å². The van der Waals surface area contributed by atoms with Crippen molar-refractivity contribution in [1.29, 1.82) is 0 Å². The molecular formula is C13H21NO5. The lowest BCUT2D eigenvalue weighted by atomic mass is 10.1. The summed E-state index contributed by atoms with van der Waals surface area (Å²) in [6, 6.07) is -0.853. The predicted molar refractivity (Wildman–Crippen MR) is 69.2 cm³/mol. The maximum Gasteiger partial charge on any atom is 0.328 e. The molecule has 1 atom stereocenters. The molecule has 0 fully saturated rings. The second-order valence-corrected chi connectivity index (χ2v) is 4.30. The van der Waals surface area contributed by atoms with Crippen LogP contribution in [0.3, 0.4) is 0 Å². The first-order valence-corrected chi connectivity index (χ1v) is 6.04. The molecule has 1 unspecified atom stereocenters. The zero-order valence-corrected chi connectivity index (χ0v) is 11.8. The zero-order valence-electron chi connectivity index (χ0n) is 11.8. The average Bonchev–Trinajstić information content (AvgIpc) is 2.39. The van der Waals surface area contributed by atoms with Gasteiger partial charge >= 0.3 is 11.9 Å². The minimum Gasteiger partial charge on any atom is -0.469 e. The molecule has 1 N–H and O–H groups in total. The molecule has 0 aromatic carbocycles. The van der Waals surface area contributed by atoms with Crippen LogP contribution in [0.15, 0.2) is 12.2 Å². The lowest BCUT2D eigenvalue weighted by Crippen LogP contribution is -2.41. The summed E-state index contributed by atoms with van der Waals surface area (Å²) in [6.07, 6.45) is 3.24. The molecule has 0 saturated heterocycles. The van der Waals surface area contributed by atoms with Crippen molar-refractivity contribution < 1.29 is 23.9 Å². The molecule has 0 aromatic heterocycles. The first kappa shape index (κ1) is 17.2. The summed E-state index contributed by atoms with van der Waals surface area (Å²) in [4.78, 5) is 34.1. The van der Waals surface area contributed by atoms with Gasteiger partial charge in [-0.1, -0.05) is 19.9 Å². The van der Waals surface area contributed by atoms with Gasteiger partial charge < -0.3 is 14.8 Å². The number of amides is 1. The van der Waals surface area contributed by atoms with Crippen LogP contribution in [-0.2, 0) is 23.9 Å². The fourth-order valence-corrected chi connectivity index (χ4v) is 1.26. The van der Waals surface area contributed by atoms with Crippen molar-refractivity contribution in [3.63, 3.8) is 0 Å². The fourth-order valence-electron chi connectivity index (χ4n) is 1.26. The number of methoxy groups -OCH3 is 2. The van der Waals surface area contributed by atoms with Gasteiger partial charge in [-0.05, 0) is 18.4 Å². The van der Waals surface area contributed by atoms with E-state index in [-0.39, 0.29) is 18.8 Å². The van der Waals surface area contributed by atoms with E-state index in [9.17, 15) is 14.4 Å². The molecule has 0 aliphatic carbocycles. The molecule has 1 amide bonds. The monoisotopic (exact) mass is 271 g/mol. The Morgan fingerprint density at radius 3 is 2.26 bits per heavy atom. The molecule has 6 heteroatoms. The van der Waals surface area contributed by atoms with E-state index in [2.05, 4.69) is 14.8 Å². The van der Waals surface area contributed by atoms with Crippen LogP contribution in [0.1, 0.15) is 26.7 Å². The van der Waals surface area contributed by atoms with E-state index < -0.39 is 23.9 Å².